The Hall–Kier alpha value is -1.13. The first-order chi connectivity index (χ1) is 8.63. The normalized spacial score (nSPS) is 12.3. The van der Waals surface area contributed by atoms with Crippen molar-refractivity contribution in [3.8, 4) is 5.75 Å². The molecule has 2 aromatic rings. The molecule has 1 unspecified atom stereocenters. The molecular weight excluding hydrogens is 310 g/mol. The van der Waals surface area contributed by atoms with E-state index in [0.29, 0.717) is 4.99 Å². The topological polar surface area (TPSA) is 35.2 Å². The lowest BCUT2D eigenvalue weighted by molar-refractivity contribution is 0.263. The second-order valence-corrected chi connectivity index (χ2v) is 5.28. The van der Waals surface area contributed by atoms with E-state index in [1.165, 1.54) is 5.39 Å². The van der Waals surface area contributed by atoms with Crippen LogP contribution in [0, 0.1) is 0 Å². The first-order valence-electron chi connectivity index (χ1n) is 5.76. The lowest BCUT2D eigenvalue weighted by atomic mass is 10.1. The molecule has 0 bridgehead atoms. The maximum absolute atomic E-state index is 5.85. The molecule has 0 radical (unpaired) electrons. The maximum atomic E-state index is 5.85. The summed E-state index contributed by atoms with van der Waals surface area (Å²) in [6.45, 7) is 2.00. The Labute approximate surface area is 120 Å². The number of hydrogen-bond acceptors (Lipinski definition) is 2. The van der Waals surface area contributed by atoms with Crippen LogP contribution in [0.25, 0.3) is 10.8 Å². The average Bonchev–Trinajstić information content (AvgIpc) is 2.38. The van der Waals surface area contributed by atoms with E-state index in [0.717, 1.165) is 22.0 Å². The van der Waals surface area contributed by atoms with Gasteiger partial charge in [-0.1, -0.05) is 49.5 Å². The quantitative estimate of drug-likeness (QED) is 0.862. The summed E-state index contributed by atoms with van der Waals surface area (Å²) in [5, 5.41) is 2.29. The highest BCUT2D eigenvalue weighted by Gasteiger charge is 2.14. The van der Waals surface area contributed by atoms with Gasteiger partial charge in [-0.25, -0.2) is 0 Å². The standard InChI is InChI=1S/C14H14BrNOS/c1-2-11(14(16)18)17-12-8-7-9-5-3-4-6-10(9)13(12)15/h3-8,11H,2H2,1H3,(H2,16,18). The van der Waals surface area contributed by atoms with E-state index in [2.05, 4.69) is 22.0 Å². The van der Waals surface area contributed by atoms with Gasteiger partial charge in [0.1, 0.15) is 16.8 Å². The zero-order valence-corrected chi connectivity index (χ0v) is 12.4. The minimum atomic E-state index is -0.225. The Morgan fingerprint density at radius 2 is 2.06 bits per heavy atom. The third-order valence-corrected chi connectivity index (χ3v) is 3.87. The number of fused-ring (bicyclic) bond motifs is 1. The molecule has 0 aliphatic heterocycles. The van der Waals surface area contributed by atoms with Gasteiger partial charge in [0, 0.05) is 0 Å². The molecule has 18 heavy (non-hydrogen) atoms. The third kappa shape index (κ3) is 2.65. The van der Waals surface area contributed by atoms with Crippen molar-refractivity contribution in [1.82, 2.24) is 0 Å². The summed E-state index contributed by atoms with van der Waals surface area (Å²) in [5.74, 6) is 0.772. The summed E-state index contributed by atoms with van der Waals surface area (Å²) in [6, 6.07) is 12.1. The van der Waals surface area contributed by atoms with Crippen LogP contribution in [0.3, 0.4) is 0 Å². The molecule has 0 aliphatic carbocycles. The SMILES string of the molecule is CCC(Oc1ccc2ccccc2c1Br)C(N)=S. The molecule has 4 heteroatoms. The molecule has 0 amide bonds. The van der Waals surface area contributed by atoms with Crippen molar-refractivity contribution in [2.75, 3.05) is 0 Å². The van der Waals surface area contributed by atoms with Crippen LogP contribution in [-0.2, 0) is 0 Å². The Bertz CT molecular complexity index is 585. The second-order valence-electron chi connectivity index (χ2n) is 4.02. The van der Waals surface area contributed by atoms with Crippen LogP contribution < -0.4 is 10.5 Å². The van der Waals surface area contributed by atoms with Crippen LogP contribution in [0.4, 0.5) is 0 Å². The van der Waals surface area contributed by atoms with Crippen LogP contribution >= 0.6 is 28.1 Å². The van der Waals surface area contributed by atoms with Gasteiger partial charge in [0.2, 0.25) is 0 Å². The van der Waals surface area contributed by atoms with Crippen molar-refractivity contribution in [2.45, 2.75) is 19.4 Å². The van der Waals surface area contributed by atoms with Crippen molar-refractivity contribution in [1.29, 1.82) is 0 Å². The van der Waals surface area contributed by atoms with Crippen LogP contribution in [0.2, 0.25) is 0 Å². The van der Waals surface area contributed by atoms with E-state index in [-0.39, 0.29) is 6.10 Å². The summed E-state index contributed by atoms with van der Waals surface area (Å²) in [7, 11) is 0. The number of nitrogens with two attached hydrogens (primary N) is 1. The third-order valence-electron chi connectivity index (χ3n) is 2.79. The Kier molecular flexibility index (Phi) is 4.19. The first-order valence-corrected chi connectivity index (χ1v) is 6.96. The molecule has 2 N–H and O–H groups in total. The first kappa shape index (κ1) is 13.3. The van der Waals surface area contributed by atoms with Gasteiger partial charge in [0.05, 0.1) is 4.47 Å². The smallest absolute Gasteiger partial charge is 0.148 e. The molecule has 2 aromatic carbocycles. The van der Waals surface area contributed by atoms with Crippen molar-refractivity contribution >= 4 is 43.9 Å². The monoisotopic (exact) mass is 323 g/mol. The van der Waals surface area contributed by atoms with Gasteiger partial charge in [-0.05, 0) is 39.2 Å². The predicted octanol–water partition coefficient (Wildman–Crippen LogP) is 4.05. The van der Waals surface area contributed by atoms with Gasteiger partial charge in [-0.3, -0.25) is 0 Å². The molecule has 0 saturated carbocycles. The number of hydrogen-bond donors (Lipinski definition) is 1. The van der Waals surface area contributed by atoms with Gasteiger partial charge < -0.3 is 10.5 Å². The largest absolute Gasteiger partial charge is 0.482 e. The number of ether oxygens (including phenoxy) is 1. The molecule has 0 aromatic heterocycles. The Morgan fingerprint density at radius 1 is 1.33 bits per heavy atom. The van der Waals surface area contributed by atoms with E-state index < -0.39 is 0 Å². The van der Waals surface area contributed by atoms with Crippen LogP contribution in [0.5, 0.6) is 5.75 Å². The molecule has 2 rings (SSSR count). The van der Waals surface area contributed by atoms with Crippen LogP contribution in [-0.4, -0.2) is 11.1 Å². The van der Waals surface area contributed by atoms with E-state index in [1.807, 2.05) is 37.3 Å². The van der Waals surface area contributed by atoms with E-state index >= 15 is 0 Å². The van der Waals surface area contributed by atoms with Crippen LogP contribution in [0.1, 0.15) is 13.3 Å². The zero-order valence-electron chi connectivity index (χ0n) is 10.0. The zero-order chi connectivity index (χ0) is 13.1. The van der Waals surface area contributed by atoms with Gasteiger partial charge in [-0.2, -0.15) is 0 Å². The molecule has 1 atom stereocenters. The highest BCUT2D eigenvalue weighted by molar-refractivity contribution is 9.10. The molecule has 0 spiro atoms. The van der Waals surface area contributed by atoms with Crippen molar-refractivity contribution < 1.29 is 4.74 Å². The second kappa shape index (κ2) is 5.67. The summed E-state index contributed by atoms with van der Waals surface area (Å²) in [6.07, 6.45) is 0.534. The Balaban J connectivity index is 2.40. The van der Waals surface area contributed by atoms with Gasteiger partial charge in [0.25, 0.3) is 0 Å². The molecule has 0 saturated heterocycles. The molecule has 0 fully saturated rings. The van der Waals surface area contributed by atoms with Crippen molar-refractivity contribution in [3.63, 3.8) is 0 Å². The minimum absolute atomic E-state index is 0.225. The average molecular weight is 324 g/mol. The van der Waals surface area contributed by atoms with Crippen molar-refractivity contribution in [2.24, 2.45) is 5.73 Å². The summed E-state index contributed by atoms with van der Waals surface area (Å²) >= 11 is 8.57. The highest BCUT2D eigenvalue weighted by Crippen LogP contribution is 2.33. The summed E-state index contributed by atoms with van der Waals surface area (Å²) in [4.78, 5) is 0.387. The molecule has 2 nitrogen and oxygen atoms in total. The predicted molar refractivity (Wildman–Crippen MR) is 83.1 cm³/mol. The summed E-state index contributed by atoms with van der Waals surface area (Å²) in [5.41, 5.74) is 5.65. The number of thiocarbonyl (C=S) groups is 1. The lowest BCUT2D eigenvalue weighted by Crippen LogP contribution is -2.31. The number of halogens is 1. The number of benzene rings is 2. The fourth-order valence-electron chi connectivity index (χ4n) is 1.80. The highest BCUT2D eigenvalue weighted by atomic mass is 79.9. The molecule has 0 aliphatic rings. The van der Waals surface area contributed by atoms with Gasteiger partial charge >= 0.3 is 0 Å². The summed E-state index contributed by atoms with van der Waals surface area (Å²) < 4.78 is 6.79. The fourth-order valence-corrected chi connectivity index (χ4v) is 2.60. The van der Waals surface area contributed by atoms with Crippen molar-refractivity contribution in [3.05, 3.63) is 40.9 Å². The Morgan fingerprint density at radius 3 is 2.72 bits per heavy atom. The fraction of sp³-hybridized carbons (Fsp3) is 0.214. The van der Waals surface area contributed by atoms with E-state index in [1.54, 1.807) is 0 Å². The molecular formula is C14H14BrNOS. The minimum Gasteiger partial charge on any atom is -0.482 e. The van der Waals surface area contributed by atoms with Gasteiger partial charge in [0.15, 0.2) is 0 Å². The van der Waals surface area contributed by atoms with E-state index in [4.69, 9.17) is 22.7 Å². The maximum Gasteiger partial charge on any atom is 0.148 e. The van der Waals surface area contributed by atoms with Gasteiger partial charge in [-0.15, -0.1) is 0 Å². The van der Waals surface area contributed by atoms with E-state index in [9.17, 15) is 0 Å². The van der Waals surface area contributed by atoms with Crippen LogP contribution in [0.15, 0.2) is 40.9 Å². The number of rotatable bonds is 4. The molecule has 94 valence electrons. The molecule has 0 heterocycles. The lowest BCUT2D eigenvalue weighted by Gasteiger charge is -2.17.